The molecule has 0 spiro atoms. The first-order chi connectivity index (χ1) is 18.2. The molecule has 0 aromatic heterocycles. The molecule has 1 aliphatic rings. The molecule has 2 aromatic rings. The zero-order chi connectivity index (χ0) is 27.5. The molecule has 0 aliphatic carbocycles. The van der Waals surface area contributed by atoms with Gasteiger partial charge in [-0.15, -0.1) is 0 Å². The molecule has 1 atom stereocenters. The smallest absolute Gasteiger partial charge is 0.326 e. The van der Waals surface area contributed by atoms with Crippen LogP contribution in [0.4, 0.5) is 0 Å². The van der Waals surface area contributed by atoms with Crippen molar-refractivity contribution in [1.82, 2.24) is 20.7 Å². The van der Waals surface area contributed by atoms with Gasteiger partial charge in [0.25, 0.3) is 5.91 Å². The molecule has 3 rings (SSSR count). The summed E-state index contributed by atoms with van der Waals surface area (Å²) in [5.74, 6) is -0.823. The quantitative estimate of drug-likeness (QED) is 0.190. The molecular weight excluding hydrogens is 514 g/mol. The van der Waals surface area contributed by atoms with Crippen LogP contribution in [0.1, 0.15) is 30.6 Å². The fourth-order valence-corrected chi connectivity index (χ4v) is 4.62. The number of guanidine groups is 1. The number of aliphatic imine (C=N–C) groups is 1. The van der Waals surface area contributed by atoms with Gasteiger partial charge in [-0.2, -0.15) is 4.72 Å². The van der Waals surface area contributed by atoms with E-state index >= 15 is 0 Å². The van der Waals surface area contributed by atoms with E-state index in [1.807, 2.05) is 0 Å². The Kier molecular flexibility index (Phi) is 10.3. The van der Waals surface area contributed by atoms with Crippen molar-refractivity contribution in [2.75, 3.05) is 32.8 Å². The zero-order valence-electron chi connectivity index (χ0n) is 21.3. The summed E-state index contributed by atoms with van der Waals surface area (Å²) in [7, 11) is -4.07. The first-order valence-corrected chi connectivity index (χ1v) is 13.7. The summed E-state index contributed by atoms with van der Waals surface area (Å²) in [5.41, 5.74) is -0.0712. The van der Waals surface area contributed by atoms with E-state index in [1.165, 1.54) is 30.3 Å². The van der Waals surface area contributed by atoms with Crippen molar-refractivity contribution in [1.29, 1.82) is 0 Å². The number of carbonyl (C=O) groups is 2. The van der Waals surface area contributed by atoms with Crippen LogP contribution in [-0.4, -0.2) is 76.3 Å². The fraction of sp³-hybridized carbons (Fsp3) is 0.400. The Morgan fingerprint density at radius 1 is 1.16 bits per heavy atom. The highest BCUT2D eigenvalue weighted by atomic mass is 32.2. The molecule has 0 saturated heterocycles. The highest BCUT2D eigenvalue weighted by molar-refractivity contribution is 7.89. The van der Waals surface area contributed by atoms with Crippen molar-refractivity contribution >= 4 is 27.9 Å². The van der Waals surface area contributed by atoms with Gasteiger partial charge < -0.3 is 30.5 Å². The molecule has 5 N–H and O–H groups in total. The average molecular weight is 548 g/mol. The van der Waals surface area contributed by atoms with Crippen molar-refractivity contribution in [3.8, 4) is 11.5 Å². The predicted molar refractivity (Wildman–Crippen MR) is 141 cm³/mol. The number of hydrogen-bond acceptors (Lipinski definition) is 10. The van der Waals surface area contributed by atoms with Gasteiger partial charge in [0.05, 0.1) is 23.1 Å². The lowest BCUT2D eigenvalue weighted by molar-refractivity contribution is -0.149. The third kappa shape index (κ3) is 8.63. The molecule has 1 aliphatic heterocycles. The molecule has 38 heavy (non-hydrogen) atoms. The summed E-state index contributed by atoms with van der Waals surface area (Å²) in [6.45, 7) is 5.26. The monoisotopic (exact) mass is 547 g/mol. The highest BCUT2D eigenvalue weighted by Gasteiger charge is 2.28. The number of benzene rings is 2. The van der Waals surface area contributed by atoms with Crippen molar-refractivity contribution in [3.05, 3.63) is 54.1 Å². The minimum Gasteiger partial charge on any atom is -0.507 e. The number of phenolic OH excluding ortho intramolecular Hbond substituents is 1. The number of nitrogens with one attached hydrogen (secondary N) is 4. The molecule has 13 heteroatoms. The number of aromatic hydroxyl groups is 1. The number of sulfonamides is 1. The average Bonchev–Trinajstić information content (AvgIpc) is 2.89. The van der Waals surface area contributed by atoms with Gasteiger partial charge in [-0.05, 0) is 44.5 Å². The van der Waals surface area contributed by atoms with Crippen LogP contribution < -0.4 is 25.4 Å². The molecule has 0 radical (unpaired) electrons. The summed E-state index contributed by atoms with van der Waals surface area (Å²) in [4.78, 5) is 29.5. The van der Waals surface area contributed by atoms with Crippen LogP contribution in [0.25, 0.3) is 0 Å². The lowest BCUT2D eigenvalue weighted by Crippen LogP contribution is -2.49. The zero-order valence-corrected chi connectivity index (χ0v) is 22.1. The molecule has 1 amide bonds. The van der Waals surface area contributed by atoms with Crippen LogP contribution in [0.15, 0.2) is 58.4 Å². The second kappa shape index (κ2) is 13.6. The number of phenols is 1. The van der Waals surface area contributed by atoms with Crippen LogP contribution in [0.2, 0.25) is 0 Å². The Morgan fingerprint density at radius 3 is 2.58 bits per heavy atom. The van der Waals surface area contributed by atoms with Crippen LogP contribution >= 0.6 is 0 Å². The molecular formula is C25H33N5O7S. The lowest BCUT2D eigenvalue weighted by Gasteiger charge is -2.20. The van der Waals surface area contributed by atoms with Crippen LogP contribution in [0.3, 0.4) is 0 Å². The minimum atomic E-state index is -4.07. The third-order valence-corrected chi connectivity index (χ3v) is 6.72. The highest BCUT2D eigenvalue weighted by Crippen LogP contribution is 2.23. The molecule has 206 valence electrons. The fourth-order valence-electron chi connectivity index (χ4n) is 3.42. The van der Waals surface area contributed by atoms with E-state index in [9.17, 15) is 23.1 Å². The van der Waals surface area contributed by atoms with E-state index in [2.05, 4.69) is 25.7 Å². The van der Waals surface area contributed by atoms with E-state index in [4.69, 9.17) is 9.47 Å². The third-order valence-electron chi connectivity index (χ3n) is 5.23. The summed E-state index contributed by atoms with van der Waals surface area (Å²) >= 11 is 0. The first-order valence-electron chi connectivity index (χ1n) is 12.2. The second-order valence-electron chi connectivity index (χ2n) is 8.65. The largest absolute Gasteiger partial charge is 0.507 e. The number of esters is 1. The summed E-state index contributed by atoms with van der Waals surface area (Å²) in [6.07, 6.45) is 0.494. The van der Waals surface area contributed by atoms with Crippen molar-refractivity contribution in [3.63, 3.8) is 0 Å². The first kappa shape index (κ1) is 28.7. The van der Waals surface area contributed by atoms with Crippen molar-refractivity contribution < 1.29 is 32.6 Å². The number of amides is 1. The number of nitrogens with zero attached hydrogens (tertiary/aromatic N) is 1. The normalized spacial score (nSPS) is 14.1. The molecule has 2 aromatic carbocycles. The van der Waals surface area contributed by atoms with Crippen molar-refractivity contribution in [2.24, 2.45) is 4.99 Å². The number of ether oxygens (including phenoxy) is 2. The molecule has 0 bridgehead atoms. The van der Waals surface area contributed by atoms with Crippen molar-refractivity contribution in [2.45, 2.75) is 37.3 Å². The topological polar surface area (TPSA) is 167 Å². The number of hydrogen-bond donors (Lipinski definition) is 5. The van der Waals surface area contributed by atoms with Gasteiger partial charge >= 0.3 is 5.97 Å². The SMILES string of the molecule is CC(C)OC(=O)C(CNC(=O)c1ccc(OCCNC2=NCCCN2)cc1O)NS(=O)(=O)c1ccccc1. The Morgan fingerprint density at radius 2 is 1.92 bits per heavy atom. The van der Waals surface area contributed by atoms with Crippen LogP contribution in [0.5, 0.6) is 11.5 Å². The minimum absolute atomic E-state index is 0.0416. The maximum Gasteiger partial charge on any atom is 0.326 e. The van der Waals surface area contributed by atoms with Crippen LogP contribution in [0, 0.1) is 0 Å². The number of carbonyl (C=O) groups excluding carboxylic acids is 2. The molecule has 1 heterocycles. The summed E-state index contributed by atoms with van der Waals surface area (Å²) < 4.78 is 38.5. The van der Waals surface area contributed by atoms with Gasteiger partial charge in [0, 0.05) is 25.7 Å². The lowest BCUT2D eigenvalue weighted by atomic mass is 10.1. The van der Waals surface area contributed by atoms with E-state index in [1.54, 1.807) is 32.0 Å². The van der Waals surface area contributed by atoms with Gasteiger partial charge in [0.2, 0.25) is 10.0 Å². The number of rotatable bonds is 12. The maximum atomic E-state index is 12.7. The maximum absolute atomic E-state index is 12.7. The van der Waals surface area contributed by atoms with E-state index in [-0.39, 0.29) is 16.2 Å². The molecule has 1 unspecified atom stereocenters. The molecule has 12 nitrogen and oxygen atoms in total. The van der Waals surface area contributed by atoms with E-state index in [0.717, 1.165) is 25.5 Å². The Hall–Kier alpha value is -3.84. The Labute approximate surface area is 221 Å². The Bertz CT molecular complexity index is 1240. The van der Waals surface area contributed by atoms with Gasteiger partial charge in [-0.25, -0.2) is 8.42 Å². The standard InChI is InChI=1S/C25H33N5O7S/c1-17(2)37-24(33)21(30-38(34,35)19-7-4-3-5-8-19)16-29-23(32)20-10-9-18(15-22(20)31)36-14-13-28-25-26-11-6-12-27-25/h3-5,7-10,15,17,21,30-31H,6,11-14,16H2,1-2H3,(H,29,32)(H2,26,27,28). The molecule has 0 fully saturated rings. The Balaban J connectivity index is 1.58. The van der Waals surface area contributed by atoms with Gasteiger partial charge in [0.15, 0.2) is 5.96 Å². The van der Waals surface area contributed by atoms with Crippen LogP contribution in [-0.2, 0) is 19.6 Å². The van der Waals surface area contributed by atoms with Gasteiger partial charge in [-0.3, -0.25) is 14.6 Å². The summed E-state index contributed by atoms with van der Waals surface area (Å²) in [5, 5.41) is 19.1. The van der Waals surface area contributed by atoms with E-state index < -0.39 is 40.6 Å². The summed E-state index contributed by atoms with van der Waals surface area (Å²) in [6, 6.07) is 10.3. The van der Waals surface area contributed by atoms with E-state index in [0.29, 0.717) is 18.9 Å². The van der Waals surface area contributed by atoms with Gasteiger partial charge in [-0.1, -0.05) is 18.2 Å². The van der Waals surface area contributed by atoms with Gasteiger partial charge in [0.1, 0.15) is 24.1 Å². The molecule has 0 saturated carbocycles. The predicted octanol–water partition coefficient (Wildman–Crippen LogP) is 0.738. The second-order valence-corrected chi connectivity index (χ2v) is 10.4.